The maximum absolute atomic E-state index is 14.7. The molecule has 8 heteroatoms. The van der Waals surface area contributed by atoms with E-state index in [-0.39, 0.29) is 18.7 Å². The van der Waals surface area contributed by atoms with Gasteiger partial charge in [0.05, 0.1) is 17.2 Å². The lowest BCUT2D eigenvalue weighted by Gasteiger charge is -2.41. The number of likely N-dealkylation sites (tertiary alicyclic amines) is 1. The van der Waals surface area contributed by atoms with E-state index in [4.69, 9.17) is 18.8 Å². The van der Waals surface area contributed by atoms with Crippen molar-refractivity contribution in [2.24, 2.45) is 0 Å². The standard InChI is InChI=1S/C21H31BFNO5/c1-19(2,3)27-18(25)24-11-10-14(24)13-26-15-8-9-16(17(23)12-15)22-28-20(4,5)21(6,7)29-22/h8-9,12,14H,10-11,13H2,1-7H3/t14-/m0/s1. The lowest BCUT2D eigenvalue weighted by atomic mass is 9.78. The summed E-state index contributed by atoms with van der Waals surface area (Å²) in [5, 5.41) is 0. The number of carbonyl (C=O) groups excluding carboxylic acids is 1. The Morgan fingerprint density at radius 3 is 2.34 bits per heavy atom. The maximum atomic E-state index is 14.7. The third-order valence-corrected chi connectivity index (χ3v) is 5.69. The molecule has 29 heavy (non-hydrogen) atoms. The van der Waals surface area contributed by atoms with Gasteiger partial charge in [-0.1, -0.05) is 6.07 Å². The monoisotopic (exact) mass is 407 g/mol. The Balaban J connectivity index is 1.59. The van der Waals surface area contributed by atoms with Crippen LogP contribution in [0, 0.1) is 5.82 Å². The molecular weight excluding hydrogens is 376 g/mol. The summed E-state index contributed by atoms with van der Waals surface area (Å²) >= 11 is 0. The molecule has 2 aliphatic rings. The smallest absolute Gasteiger partial charge is 0.491 e. The van der Waals surface area contributed by atoms with E-state index < -0.39 is 29.7 Å². The van der Waals surface area contributed by atoms with Crippen molar-refractivity contribution in [3.8, 4) is 5.75 Å². The number of hydrogen-bond acceptors (Lipinski definition) is 5. The van der Waals surface area contributed by atoms with Gasteiger partial charge in [-0.15, -0.1) is 0 Å². The molecule has 0 N–H and O–H groups in total. The second-order valence-electron chi connectivity index (χ2n) is 9.70. The highest BCUT2D eigenvalue weighted by atomic mass is 19.1. The topological polar surface area (TPSA) is 57.2 Å². The van der Waals surface area contributed by atoms with Crippen LogP contribution in [0.3, 0.4) is 0 Å². The zero-order valence-corrected chi connectivity index (χ0v) is 18.4. The molecule has 1 atom stereocenters. The van der Waals surface area contributed by atoms with Crippen molar-refractivity contribution in [1.82, 2.24) is 4.90 Å². The zero-order valence-electron chi connectivity index (χ0n) is 18.4. The lowest BCUT2D eigenvalue weighted by Crippen LogP contribution is -2.55. The first-order valence-corrected chi connectivity index (χ1v) is 10.1. The SMILES string of the molecule is CC(C)(C)OC(=O)N1CC[C@H]1COc1ccc(B2OC(C)(C)C(C)(C)O2)c(F)c1. The minimum absolute atomic E-state index is 0.0734. The Bertz CT molecular complexity index is 761. The minimum Gasteiger partial charge on any atom is -0.491 e. The van der Waals surface area contributed by atoms with Crippen LogP contribution in [-0.2, 0) is 14.0 Å². The number of ether oxygens (including phenoxy) is 2. The van der Waals surface area contributed by atoms with Gasteiger partial charge in [-0.2, -0.15) is 0 Å². The van der Waals surface area contributed by atoms with Crippen LogP contribution in [0.1, 0.15) is 54.9 Å². The molecular formula is C21H31BFNO5. The van der Waals surface area contributed by atoms with E-state index in [2.05, 4.69) is 0 Å². The summed E-state index contributed by atoms with van der Waals surface area (Å²) in [6.07, 6.45) is 0.480. The predicted molar refractivity (Wildman–Crippen MR) is 109 cm³/mol. The average Bonchev–Trinajstić information content (AvgIpc) is 2.72. The van der Waals surface area contributed by atoms with Gasteiger partial charge < -0.3 is 23.7 Å². The van der Waals surface area contributed by atoms with Gasteiger partial charge in [-0.25, -0.2) is 9.18 Å². The Morgan fingerprint density at radius 2 is 1.86 bits per heavy atom. The highest BCUT2D eigenvalue weighted by molar-refractivity contribution is 6.62. The van der Waals surface area contributed by atoms with E-state index in [1.165, 1.54) is 6.07 Å². The highest BCUT2D eigenvalue weighted by Crippen LogP contribution is 2.36. The van der Waals surface area contributed by atoms with Crippen LogP contribution in [0.5, 0.6) is 5.75 Å². The molecule has 0 unspecified atom stereocenters. The number of hydrogen-bond donors (Lipinski definition) is 0. The van der Waals surface area contributed by atoms with E-state index >= 15 is 0 Å². The van der Waals surface area contributed by atoms with E-state index in [0.717, 1.165) is 6.42 Å². The number of carbonyl (C=O) groups is 1. The van der Waals surface area contributed by atoms with Crippen molar-refractivity contribution >= 4 is 18.7 Å². The lowest BCUT2D eigenvalue weighted by molar-refractivity contribution is -0.0141. The van der Waals surface area contributed by atoms with Gasteiger partial charge in [0, 0.05) is 18.1 Å². The summed E-state index contributed by atoms with van der Waals surface area (Å²) in [5.41, 5.74) is -1.26. The molecule has 2 saturated heterocycles. The van der Waals surface area contributed by atoms with Crippen LogP contribution >= 0.6 is 0 Å². The summed E-state index contributed by atoms with van der Waals surface area (Å²) in [4.78, 5) is 13.8. The van der Waals surface area contributed by atoms with Gasteiger partial charge in [0.2, 0.25) is 0 Å². The fourth-order valence-electron chi connectivity index (χ4n) is 3.13. The van der Waals surface area contributed by atoms with Crippen molar-refractivity contribution in [2.45, 2.75) is 77.7 Å². The van der Waals surface area contributed by atoms with E-state index in [1.807, 2.05) is 48.5 Å². The number of rotatable bonds is 4. The Morgan fingerprint density at radius 1 is 1.24 bits per heavy atom. The molecule has 3 rings (SSSR count). The molecule has 1 aromatic carbocycles. The van der Waals surface area contributed by atoms with Crippen LogP contribution in [0.2, 0.25) is 0 Å². The average molecular weight is 407 g/mol. The number of halogens is 1. The third kappa shape index (κ3) is 4.69. The molecule has 0 spiro atoms. The van der Waals surface area contributed by atoms with Crippen molar-refractivity contribution in [3.05, 3.63) is 24.0 Å². The van der Waals surface area contributed by atoms with E-state index in [1.54, 1.807) is 17.0 Å². The first kappa shape index (κ1) is 21.9. The second kappa shape index (κ2) is 7.47. The Labute approximate surface area is 172 Å². The number of amides is 1. The van der Waals surface area contributed by atoms with Gasteiger partial charge in [0.25, 0.3) is 0 Å². The summed E-state index contributed by atoms with van der Waals surface area (Å²) in [6, 6.07) is 4.58. The number of nitrogens with zero attached hydrogens (tertiary/aromatic N) is 1. The molecule has 0 bridgehead atoms. The molecule has 0 saturated carbocycles. The Kier molecular flexibility index (Phi) is 5.64. The molecule has 1 aromatic rings. The summed E-state index contributed by atoms with van der Waals surface area (Å²) in [6.45, 7) is 14.1. The summed E-state index contributed by atoms with van der Waals surface area (Å²) in [7, 11) is -0.761. The number of benzene rings is 1. The molecule has 6 nitrogen and oxygen atoms in total. The highest BCUT2D eigenvalue weighted by Gasteiger charge is 2.52. The minimum atomic E-state index is -0.761. The maximum Gasteiger partial charge on any atom is 0.497 e. The molecule has 160 valence electrons. The van der Waals surface area contributed by atoms with Crippen LogP contribution < -0.4 is 10.2 Å². The fourth-order valence-corrected chi connectivity index (χ4v) is 3.13. The van der Waals surface area contributed by atoms with Crippen molar-refractivity contribution in [3.63, 3.8) is 0 Å². The van der Waals surface area contributed by atoms with Crippen LogP contribution in [0.15, 0.2) is 18.2 Å². The summed E-state index contributed by atoms with van der Waals surface area (Å²) in [5.74, 6) is -0.0441. The van der Waals surface area contributed by atoms with E-state index in [0.29, 0.717) is 17.8 Å². The van der Waals surface area contributed by atoms with Crippen molar-refractivity contribution in [2.75, 3.05) is 13.2 Å². The molecule has 0 radical (unpaired) electrons. The second-order valence-corrected chi connectivity index (χ2v) is 9.70. The largest absolute Gasteiger partial charge is 0.497 e. The molecule has 0 aliphatic carbocycles. The van der Waals surface area contributed by atoms with Crippen LogP contribution in [0.4, 0.5) is 9.18 Å². The zero-order chi connectivity index (χ0) is 21.6. The van der Waals surface area contributed by atoms with E-state index in [9.17, 15) is 9.18 Å². The van der Waals surface area contributed by atoms with Gasteiger partial charge in [0.15, 0.2) is 0 Å². The Hall–Kier alpha value is -1.80. The third-order valence-electron chi connectivity index (χ3n) is 5.69. The van der Waals surface area contributed by atoms with Crippen LogP contribution in [-0.4, -0.2) is 54.1 Å². The normalized spacial score (nSPS) is 23.0. The first-order chi connectivity index (χ1) is 13.3. The molecule has 1 amide bonds. The van der Waals surface area contributed by atoms with Gasteiger partial charge in [0.1, 0.15) is 23.8 Å². The van der Waals surface area contributed by atoms with Gasteiger partial charge >= 0.3 is 13.2 Å². The quantitative estimate of drug-likeness (QED) is 0.715. The molecule has 2 fully saturated rings. The van der Waals surface area contributed by atoms with Gasteiger partial charge in [-0.05, 0) is 61.0 Å². The summed E-state index contributed by atoms with van der Waals surface area (Å²) < 4.78 is 37.6. The predicted octanol–water partition coefficient (Wildman–Crippen LogP) is 3.51. The fraction of sp³-hybridized carbons (Fsp3) is 0.667. The van der Waals surface area contributed by atoms with Crippen molar-refractivity contribution < 1.29 is 28.0 Å². The van der Waals surface area contributed by atoms with Crippen LogP contribution in [0.25, 0.3) is 0 Å². The van der Waals surface area contributed by atoms with Gasteiger partial charge in [-0.3, -0.25) is 0 Å². The first-order valence-electron chi connectivity index (χ1n) is 10.1. The van der Waals surface area contributed by atoms with Crippen molar-refractivity contribution in [1.29, 1.82) is 0 Å². The molecule has 2 heterocycles. The molecule has 0 aromatic heterocycles. The molecule has 2 aliphatic heterocycles.